The Labute approximate surface area is 85.5 Å². The predicted octanol–water partition coefficient (Wildman–Crippen LogP) is 2.30. The van der Waals surface area contributed by atoms with Gasteiger partial charge in [0.05, 0.1) is 18.1 Å². The van der Waals surface area contributed by atoms with E-state index in [1.54, 1.807) is 0 Å². The quantitative estimate of drug-likeness (QED) is 0.708. The molecule has 1 aliphatic rings. The fraction of sp³-hybridized carbons (Fsp3) is 0.909. The van der Waals surface area contributed by atoms with Crippen LogP contribution in [-0.2, 0) is 9.53 Å². The third-order valence-electron chi connectivity index (χ3n) is 2.56. The molecule has 14 heavy (non-hydrogen) atoms. The van der Waals surface area contributed by atoms with E-state index in [1.165, 1.54) is 0 Å². The van der Waals surface area contributed by atoms with E-state index in [0.29, 0.717) is 6.42 Å². The highest BCUT2D eigenvalue weighted by atomic mass is 16.6. The Hall–Kier alpha value is -0.570. The highest BCUT2D eigenvalue weighted by Gasteiger charge is 2.39. The van der Waals surface area contributed by atoms with Crippen molar-refractivity contribution >= 4 is 5.97 Å². The summed E-state index contributed by atoms with van der Waals surface area (Å²) in [4.78, 5) is 11.0. The van der Waals surface area contributed by atoms with Gasteiger partial charge < -0.3 is 9.84 Å². The van der Waals surface area contributed by atoms with Gasteiger partial charge in [-0.2, -0.15) is 0 Å². The van der Waals surface area contributed by atoms with Crippen LogP contribution >= 0.6 is 0 Å². The van der Waals surface area contributed by atoms with Gasteiger partial charge in [0.15, 0.2) is 0 Å². The summed E-state index contributed by atoms with van der Waals surface area (Å²) >= 11 is 0. The normalized spacial score (nSPS) is 28.6. The summed E-state index contributed by atoms with van der Waals surface area (Å²) in [6.45, 7) is 8.20. The molecule has 0 saturated carbocycles. The van der Waals surface area contributed by atoms with Gasteiger partial charge in [0.25, 0.3) is 0 Å². The first kappa shape index (κ1) is 11.5. The third-order valence-corrected chi connectivity index (χ3v) is 2.56. The van der Waals surface area contributed by atoms with Gasteiger partial charge in [0.2, 0.25) is 0 Å². The SMILES string of the molecule is C[C@H]1OC1C[C@H](CC(C)(C)C)C(=O)O. The standard InChI is InChI=1S/C11H20O3/c1-7-9(14-7)5-8(10(12)13)6-11(2,3)4/h7-9H,5-6H2,1-4H3,(H,12,13)/t7-,8-,9?/m1/s1. The molecule has 0 spiro atoms. The number of carboxylic acid groups (broad SMARTS) is 1. The topological polar surface area (TPSA) is 49.8 Å². The zero-order valence-corrected chi connectivity index (χ0v) is 9.41. The van der Waals surface area contributed by atoms with Crippen LogP contribution in [0.1, 0.15) is 40.5 Å². The molecule has 1 aliphatic heterocycles. The molecule has 3 heteroatoms. The van der Waals surface area contributed by atoms with Gasteiger partial charge in [-0.05, 0) is 25.2 Å². The average Bonchev–Trinajstić information content (AvgIpc) is 2.62. The van der Waals surface area contributed by atoms with Crippen molar-refractivity contribution in [3.05, 3.63) is 0 Å². The zero-order valence-electron chi connectivity index (χ0n) is 9.41. The van der Waals surface area contributed by atoms with E-state index in [2.05, 4.69) is 20.8 Å². The van der Waals surface area contributed by atoms with E-state index < -0.39 is 5.97 Å². The molecular formula is C11H20O3. The van der Waals surface area contributed by atoms with Crippen molar-refractivity contribution < 1.29 is 14.6 Å². The first-order valence-corrected chi connectivity index (χ1v) is 5.18. The minimum atomic E-state index is -0.692. The number of hydrogen-bond donors (Lipinski definition) is 1. The Bertz CT molecular complexity index is 217. The van der Waals surface area contributed by atoms with Crippen molar-refractivity contribution in [3.8, 4) is 0 Å². The highest BCUT2D eigenvalue weighted by molar-refractivity contribution is 5.70. The summed E-state index contributed by atoms with van der Waals surface area (Å²) in [6.07, 6.45) is 1.82. The number of rotatable bonds is 4. The number of carboxylic acids is 1. The van der Waals surface area contributed by atoms with E-state index in [9.17, 15) is 4.79 Å². The van der Waals surface area contributed by atoms with Crippen molar-refractivity contribution in [3.63, 3.8) is 0 Å². The predicted molar refractivity (Wildman–Crippen MR) is 54.1 cm³/mol. The van der Waals surface area contributed by atoms with Crippen LogP contribution in [0.3, 0.4) is 0 Å². The van der Waals surface area contributed by atoms with Crippen molar-refractivity contribution in [2.45, 2.75) is 52.7 Å². The Morgan fingerprint density at radius 1 is 1.50 bits per heavy atom. The Balaban J connectivity index is 2.43. The summed E-state index contributed by atoms with van der Waals surface area (Å²) < 4.78 is 5.25. The summed E-state index contributed by atoms with van der Waals surface area (Å²) in [5, 5.41) is 9.04. The Morgan fingerprint density at radius 2 is 2.00 bits per heavy atom. The number of ether oxygens (including phenoxy) is 1. The molecule has 3 atom stereocenters. The molecule has 0 aromatic carbocycles. The van der Waals surface area contributed by atoms with Crippen molar-refractivity contribution in [1.29, 1.82) is 0 Å². The molecule has 1 fully saturated rings. The van der Waals surface area contributed by atoms with Crippen LogP contribution < -0.4 is 0 Å². The van der Waals surface area contributed by atoms with Gasteiger partial charge in [-0.1, -0.05) is 20.8 Å². The zero-order chi connectivity index (χ0) is 10.9. The number of aliphatic carboxylic acids is 1. The Morgan fingerprint density at radius 3 is 2.29 bits per heavy atom. The Kier molecular flexibility index (Phi) is 3.20. The lowest BCUT2D eigenvalue weighted by Gasteiger charge is -2.22. The lowest BCUT2D eigenvalue weighted by molar-refractivity contribution is -0.143. The number of hydrogen-bond acceptors (Lipinski definition) is 2. The van der Waals surface area contributed by atoms with Crippen LogP contribution in [0.15, 0.2) is 0 Å². The van der Waals surface area contributed by atoms with E-state index in [0.717, 1.165) is 6.42 Å². The third kappa shape index (κ3) is 3.66. The summed E-state index contributed by atoms with van der Waals surface area (Å²) in [6, 6.07) is 0. The maximum Gasteiger partial charge on any atom is 0.306 e. The first-order chi connectivity index (χ1) is 6.29. The summed E-state index contributed by atoms with van der Waals surface area (Å²) in [7, 11) is 0. The fourth-order valence-electron chi connectivity index (χ4n) is 1.77. The van der Waals surface area contributed by atoms with Gasteiger partial charge in [0, 0.05) is 0 Å². The second kappa shape index (κ2) is 3.89. The molecule has 0 aromatic rings. The molecule has 0 amide bonds. The molecule has 1 heterocycles. The second-order valence-corrected chi connectivity index (χ2v) is 5.42. The van der Waals surface area contributed by atoms with Crippen molar-refractivity contribution in [2.75, 3.05) is 0 Å². The van der Waals surface area contributed by atoms with Crippen LogP contribution in [0.2, 0.25) is 0 Å². The van der Waals surface area contributed by atoms with Gasteiger partial charge in [-0.15, -0.1) is 0 Å². The van der Waals surface area contributed by atoms with Crippen molar-refractivity contribution in [1.82, 2.24) is 0 Å². The molecule has 1 N–H and O–H groups in total. The summed E-state index contributed by atoms with van der Waals surface area (Å²) in [5.74, 6) is -0.951. The lowest BCUT2D eigenvalue weighted by Crippen LogP contribution is -2.22. The fourth-order valence-corrected chi connectivity index (χ4v) is 1.77. The smallest absolute Gasteiger partial charge is 0.306 e. The molecule has 0 bridgehead atoms. The molecule has 1 unspecified atom stereocenters. The molecule has 0 aromatic heterocycles. The molecular weight excluding hydrogens is 180 g/mol. The molecule has 0 radical (unpaired) electrons. The van der Waals surface area contributed by atoms with Gasteiger partial charge in [-0.3, -0.25) is 4.79 Å². The average molecular weight is 200 g/mol. The molecule has 0 aliphatic carbocycles. The van der Waals surface area contributed by atoms with Crippen LogP contribution in [-0.4, -0.2) is 23.3 Å². The van der Waals surface area contributed by atoms with E-state index in [-0.39, 0.29) is 23.5 Å². The lowest BCUT2D eigenvalue weighted by atomic mass is 9.82. The number of epoxide rings is 1. The monoisotopic (exact) mass is 200 g/mol. The van der Waals surface area contributed by atoms with Crippen LogP contribution in [0, 0.1) is 11.3 Å². The minimum absolute atomic E-state index is 0.0706. The highest BCUT2D eigenvalue weighted by Crippen LogP contribution is 2.33. The minimum Gasteiger partial charge on any atom is -0.481 e. The second-order valence-electron chi connectivity index (χ2n) is 5.42. The maximum absolute atomic E-state index is 11.0. The van der Waals surface area contributed by atoms with Gasteiger partial charge in [0.1, 0.15) is 0 Å². The largest absolute Gasteiger partial charge is 0.481 e. The molecule has 1 rings (SSSR count). The van der Waals surface area contributed by atoms with Crippen LogP contribution in [0.5, 0.6) is 0 Å². The van der Waals surface area contributed by atoms with Gasteiger partial charge in [-0.25, -0.2) is 0 Å². The van der Waals surface area contributed by atoms with E-state index in [1.807, 2.05) is 6.92 Å². The molecule has 82 valence electrons. The van der Waals surface area contributed by atoms with Gasteiger partial charge >= 0.3 is 5.97 Å². The maximum atomic E-state index is 11.0. The molecule has 3 nitrogen and oxygen atoms in total. The summed E-state index contributed by atoms with van der Waals surface area (Å²) in [5.41, 5.74) is 0.0706. The van der Waals surface area contributed by atoms with Crippen LogP contribution in [0.4, 0.5) is 0 Å². The number of carbonyl (C=O) groups is 1. The van der Waals surface area contributed by atoms with E-state index in [4.69, 9.17) is 9.84 Å². The van der Waals surface area contributed by atoms with Crippen LogP contribution in [0.25, 0.3) is 0 Å². The van der Waals surface area contributed by atoms with Crippen molar-refractivity contribution in [2.24, 2.45) is 11.3 Å². The first-order valence-electron chi connectivity index (χ1n) is 5.18. The van der Waals surface area contributed by atoms with E-state index >= 15 is 0 Å². The molecule has 1 saturated heterocycles.